The van der Waals surface area contributed by atoms with Crippen molar-refractivity contribution in [2.75, 3.05) is 19.0 Å². The van der Waals surface area contributed by atoms with Gasteiger partial charge in [-0.1, -0.05) is 31.4 Å². The van der Waals surface area contributed by atoms with Crippen molar-refractivity contribution in [3.63, 3.8) is 0 Å². The number of hydrogen-bond donors (Lipinski definition) is 1. The van der Waals surface area contributed by atoms with Gasteiger partial charge < -0.3 is 10.1 Å². The van der Waals surface area contributed by atoms with Crippen molar-refractivity contribution < 1.29 is 4.74 Å². The molecule has 1 saturated carbocycles. The van der Waals surface area contributed by atoms with Gasteiger partial charge in [0.1, 0.15) is 0 Å². The number of para-hydroxylation sites is 1. The number of aromatic nitrogens is 2. The molecule has 0 spiro atoms. The van der Waals surface area contributed by atoms with Crippen LogP contribution in [0.4, 0.5) is 5.95 Å². The van der Waals surface area contributed by atoms with Crippen LogP contribution in [0.5, 0.6) is 5.88 Å². The molecule has 4 nitrogen and oxygen atoms in total. The summed E-state index contributed by atoms with van der Waals surface area (Å²) in [5, 5.41) is 3.98. The molecule has 106 valence electrons. The molecule has 1 N–H and O–H groups in total. The van der Waals surface area contributed by atoms with Gasteiger partial charge in [0.05, 0.1) is 17.5 Å². The molecule has 4 heteroatoms. The third-order valence-corrected chi connectivity index (χ3v) is 3.97. The van der Waals surface area contributed by atoms with Crippen LogP contribution in [-0.4, -0.2) is 23.6 Å². The van der Waals surface area contributed by atoms with E-state index in [-0.39, 0.29) is 0 Å². The van der Waals surface area contributed by atoms with E-state index in [0.717, 1.165) is 17.5 Å². The molecular weight excluding hydrogens is 250 g/mol. The van der Waals surface area contributed by atoms with E-state index in [1.54, 1.807) is 0 Å². The maximum Gasteiger partial charge on any atom is 0.226 e. The molecule has 1 aromatic heterocycles. The third kappa shape index (κ3) is 2.84. The first-order chi connectivity index (χ1) is 9.86. The van der Waals surface area contributed by atoms with Crippen molar-refractivity contribution in [3.05, 3.63) is 24.3 Å². The molecule has 20 heavy (non-hydrogen) atoms. The lowest BCUT2D eigenvalue weighted by Crippen LogP contribution is -2.16. The van der Waals surface area contributed by atoms with Crippen molar-refractivity contribution in [1.82, 2.24) is 9.97 Å². The number of anilines is 1. The third-order valence-electron chi connectivity index (χ3n) is 3.97. The van der Waals surface area contributed by atoms with Gasteiger partial charge in [0.15, 0.2) is 0 Å². The SMILES string of the molecule is CNc1nc(OCC2CCCCC2)c2ccccc2n1. The van der Waals surface area contributed by atoms with Crippen LogP contribution in [0.15, 0.2) is 24.3 Å². The topological polar surface area (TPSA) is 47.0 Å². The monoisotopic (exact) mass is 271 g/mol. The van der Waals surface area contributed by atoms with Gasteiger partial charge in [0, 0.05) is 7.05 Å². The Hall–Kier alpha value is -1.84. The summed E-state index contributed by atoms with van der Waals surface area (Å²) in [6.07, 6.45) is 6.60. The summed E-state index contributed by atoms with van der Waals surface area (Å²) >= 11 is 0. The normalized spacial score (nSPS) is 16.2. The van der Waals surface area contributed by atoms with Crippen LogP contribution in [0, 0.1) is 5.92 Å². The number of rotatable bonds is 4. The highest BCUT2D eigenvalue weighted by Crippen LogP contribution is 2.27. The molecule has 2 aromatic rings. The molecular formula is C16H21N3O. The first-order valence-electron chi connectivity index (χ1n) is 7.44. The minimum atomic E-state index is 0.613. The fourth-order valence-electron chi connectivity index (χ4n) is 2.82. The van der Waals surface area contributed by atoms with E-state index in [1.807, 2.05) is 31.3 Å². The molecule has 0 atom stereocenters. The van der Waals surface area contributed by atoms with Crippen molar-refractivity contribution in [2.45, 2.75) is 32.1 Å². The molecule has 3 rings (SSSR count). The van der Waals surface area contributed by atoms with Crippen LogP contribution in [-0.2, 0) is 0 Å². The van der Waals surface area contributed by atoms with E-state index < -0.39 is 0 Å². The minimum absolute atomic E-state index is 0.613. The highest BCUT2D eigenvalue weighted by Gasteiger charge is 2.15. The second kappa shape index (κ2) is 6.07. The van der Waals surface area contributed by atoms with Crippen molar-refractivity contribution >= 4 is 16.9 Å². The summed E-state index contributed by atoms with van der Waals surface area (Å²) in [7, 11) is 1.83. The summed E-state index contributed by atoms with van der Waals surface area (Å²) in [5.41, 5.74) is 0.922. The van der Waals surface area contributed by atoms with Gasteiger partial charge in [-0.2, -0.15) is 4.98 Å². The zero-order chi connectivity index (χ0) is 13.8. The Morgan fingerprint density at radius 2 is 1.95 bits per heavy atom. The molecule has 1 heterocycles. The van der Waals surface area contributed by atoms with Gasteiger partial charge in [0.25, 0.3) is 0 Å². The van der Waals surface area contributed by atoms with Crippen molar-refractivity contribution in [2.24, 2.45) is 5.92 Å². The number of benzene rings is 1. The van der Waals surface area contributed by atoms with E-state index in [2.05, 4.69) is 15.3 Å². The average molecular weight is 271 g/mol. The van der Waals surface area contributed by atoms with Gasteiger partial charge in [-0.3, -0.25) is 0 Å². The van der Waals surface area contributed by atoms with Crippen LogP contribution < -0.4 is 10.1 Å². The Morgan fingerprint density at radius 1 is 1.15 bits per heavy atom. The van der Waals surface area contributed by atoms with E-state index in [0.29, 0.717) is 17.7 Å². The number of nitrogens with one attached hydrogen (secondary N) is 1. The predicted molar refractivity (Wildman–Crippen MR) is 81.2 cm³/mol. The van der Waals surface area contributed by atoms with Crippen molar-refractivity contribution in [1.29, 1.82) is 0 Å². The molecule has 0 bridgehead atoms. The molecule has 0 unspecified atom stereocenters. The summed E-state index contributed by atoms with van der Waals surface area (Å²) in [4.78, 5) is 8.91. The Balaban J connectivity index is 1.81. The molecule has 1 aromatic carbocycles. The summed E-state index contributed by atoms with van der Waals surface area (Å²) < 4.78 is 6.01. The fraction of sp³-hybridized carbons (Fsp3) is 0.500. The number of ether oxygens (including phenoxy) is 1. The Labute approximate surface area is 119 Å². The average Bonchev–Trinajstić information content (AvgIpc) is 2.53. The summed E-state index contributed by atoms with van der Waals surface area (Å²) in [6.45, 7) is 0.768. The van der Waals surface area contributed by atoms with Gasteiger partial charge in [-0.15, -0.1) is 0 Å². The van der Waals surface area contributed by atoms with Gasteiger partial charge in [-0.05, 0) is 30.9 Å². The molecule has 0 saturated heterocycles. The molecule has 0 aliphatic heterocycles. The number of hydrogen-bond acceptors (Lipinski definition) is 4. The molecule has 1 aliphatic rings. The van der Waals surface area contributed by atoms with Gasteiger partial charge in [0.2, 0.25) is 11.8 Å². The Morgan fingerprint density at radius 3 is 2.75 bits per heavy atom. The lowest BCUT2D eigenvalue weighted by atomic mass is 9.90. The summed E-state index contributed by atoms with van der Waals surface area (Å²) in [5.74, 6) is 1.99. The van der Waals surface area contributed by atoms with Crippen LogP contribution >= 0.6 is 0 Å². The van der Waals surface area contributed by atoms with E-state index in [9.17, 15) is 0 Å². The van der Waals surface area contributed by atoms with E-state index >= 15 is 0 Å². The van der Waals surface area contributed by atoms with Crippen molar-refractivity contribution in [3.8, 4) is 5.88 Å². The van der Waals surface area contributed by atoms with Crippen LogP contribution in [0.2, 0.25) is 0 Å². The lowest BCUT2D eigenvalue weighted by molar-refractivity contribution is 0.205. The molecule has 1 aliphatic carbocycles. The van der Waals surface area contributed by atoms with Gasteiger partial charge in [-0.25, -0.2) is 4.98 Å². The first kappa shape index (κ1) is 13.2. The lowest BCUT2D eigenvalue weighted by Gasteiger charge is -2.21. The standard InChI is InChI=1S/C16H21N3O/c1-17-16-18-14-10-6-5-9-13(14)15(19-16)20-11-12-7-3-2-4-8-12/h5-6,9-10,12H,2-4,7-8,11H2,1H3,(H,17,18,19). The van der Waals surface area contributed by atoms with Gasteiger partial charge >= 0.3 is 0 Å². The quantitative estimate of drug-likeness (QED) is 0.922. The first-order valence-corrected chi connectivity index (χ1v) is 7.44. The second-order valence-electron chi connectivity index (χ2n) is 5.43. The number of nitrogens with zero attached hydrogens (tertiary/aromatic N) is 2. The summed E-state index contributed by atoms with van der Waals surface area (Å²) in [6, 6.07) is 7.99. The Bertz CT molecular complexity index is 579. The zero-order valence-corrected chi connectivity index (χ0v) is 11.9. The molecule has 1 fully saturated rings. The molecule has 0 radical (unpaired) electrons. The minimum Gasteiger partial charge on any atom is -0.477 e. The maximum absolute atomic E-state index is 6.01. The van der Waals surface area contributed by atoms with Crippen LogP contribution in [0.3, 0.4) is 0 Å². The predicted octanol–water partition coefficient (Wildman–Crippen LogP) is 3.63. The highest BCUT2D eigenvalue weighted by atomic mass is 16.5. The Kier molecular flexibility index (Phi) is 4.00. The number of fused-ring (bicyclic) bond motifs is 1. The second-order valence-corrected chi connectivity index (χ2v) is 5.43. The fourth-order valence-corrected chi connectivity index (χ4v) is 2.82. The maximum atomic E-state index is 6.01. The van der Waals surface area contributed by atoms with E-state index in [4.69, 9.17) is 4.74 Å². The van der Waals surface area contributed by atoms with Crippen LogP contribution in [0.25, 0.3) is 10.9 Å². The zero-order valence-electron chi connectivity index (χ0n) is 11.9. The van der Waals surface area contributed by atoms with E-state index in [1.165, 1.54) is 32.1 Å². The smallest absolute Gasteiger partial charge is 0.226 e. The van der Waals surface area contributed by atoms with Crippen LogP contribution in [0.1, 0.15) is 32.1 Å². The highest BCUT2D eigenvalue weighted by molar-refractivity contribution is 5.84. The largest absolute Gasteiger partial charge is 0.477 e. The molecule has 0 amide bonds.